The van der Waals surface area contributed by atoms with E-state index in [1.807, 2.05) is 18.2 Å². The van der Waals surface area contributed by atoms with Gasteiger partial charge in [0.1, 0.15) is 0 Å². The molecule has 0 bridgehead atoms. The summed E-state index contributed by atoms with van der Waals surface area (Å²) >= 11 is 7.73. The molecule has 27 heavy (non-hydrogen) atoms. The van der Waals surface area contributed by atoms with Crippen LogP contribution in [0.4, 0.5) is 5.69 Å². The van der Waals surface area contributed by atoms with Gasteiger partial charge < -0.3 is 10.2 Å². The second-order valence-corrected chi connectivity index (χ2v) is 8.17. The van der Waals surface area contributed by atoms with E-state index < -0.39 is 0 Å². The van der Waals surface area contributed by atoms with Gasteiger partial charge in [-0.25, -0.2) is 9.97 Å². The molecule has 0 spiro atoms. The summed E-state index contributed by atoms with van der Waals surface area (Å²) in [5.74, 6) is 0. The van der Waals surface area contributed by atoms with Crippen LogP contribution < -0.4 is 5.32 Å². The van der Waals surface area contributed by atoms with E-state index in [4.69, 9.17) is 16.6 Å². The van der Waals surface area contributed by atoms with E-state index >= 15 is 0 Å². The van der Waals surface area contributed by atoms with E-state index in [2.05, 4.69) is 47.2 Å². The smallest absolute Gasteiger partial charge is 0.184 e. The number of hydrogen-bond donors (Lipinski definition) is 1. The molecule has 0 aliphatic carbocycles. The number of hydrogen-bond acceptors (Lipinski definition) is 5. The minimum absolute atomic E-state index is 0.568. The van der Waals surface area contributed by atoms with Gasteiger partial charge in [-0.05, 0) is 44.3 Å². The third-order valence-electron chi connectivity index (χ3n) is 5.02. The van der Waals surface area contributed by atoms with Crippen molar-refractivity contribution in [3.63, 3.8) is 0 Å². The van der Waals surface area contributed by atoms with Crippen LogP contribution in [-0.2, 0) is 0 Å². The molecule has 1 N–H and O–H groups in total. The second kappa shape index (κ2) is 7.97. The fraction of sp³-hybridized carbons (Fsp3) is 0.333. The number of fused-ring (bicyclic) bond motifs is 4. The summed E-state index contributed by atoms with van der Waals surface area (Å²) in [6, 6.07) is 12.4. The Morgan fingerprint density at radius 3 is 2.59 bits per heavy atom. The lowest BCUT2D eigenvalue weighted by molar-refractivity contribution is 0.303. The highest BCUT2D eigenvalue weighted by molar-refractivity contribution is 7.23. The maximum absolute atomic E-state index is 6.21. The number of nitrogens with one attached hydrogen (secondary N) is 1. The summed E-state index contributed by atoms with van der Waals surface area (Å²) in [6.07, 6.45) is 1.10. The molecule has 0 fully saturated rings. The van der Waals surface area contributed by atoms with Crippen LogP contribution >= 0.6 is 22.9 Å². The molecule has 140 valence electrons. The number of benzene rings is 2. The van der Waals surface area contributed by atoms with Crippen LogP contribution in [0.5, 0.6) is 0 Å². The van der Waals surface area contributed by atoms with E-state index in [9.17, 15) is 0 Å². The maximum Gasteiger partial charge on any atom is 0.184 e. The minimum Gasteiger partial charge on any atom is -0.384 e. The lowest BCUT2D eigenvalue weighted by Crippen LogP contribution is -2.25. The first-order valence-corrected chi connectivity index (χ1v) is 10.6. The Morgan fingerprint density at radius 1 is 1.00 bits per heavy atom. The van der Waals surface area contributed by atoms with Gasteiger partial charge in [-0.15, -0.1) is 11.3 Å². The zero-order valence-corrected chi connectivity index (χ0v) is 17.2. The number of anilines is 1. The number of halogens is 1. The van der Waals surface area contributed by atoms with E-state index in [1.54, 1.807) is 0 Å². The number of nitrogens with zero attached hydrogens (tertiary/aromatic N) is 3. The molecule has 6 heteroatoms. The highest BCUT2D eigenvalue weighted by Crippen LogP contribution is 2.39. The Morgan fingerprint density at radius 2 is 1.78 bits per heavy atom. The van der Waals surface area contributed by atoms with Gasteiger partial charge in [-0.3, -0.25) is 0 Å². The van der Waals surface area contributed by atoms with E-state index in [-0.39, 0.29) is 0 Å². The monoisotopic (exact) mass is 398 g/mol. The van der Waals surface area contributed by atoms with Gasteiger partial charge in [-0.1, -0.05) is 43.6 Å². The van der Waals surface area contributed by atoms with Crippen molar-refractivity contribution in [3.05, 3.63) is 40.9 Å². The lowest BCUT2D eigenvalue weighted by atomic mass is 10.1. The van der Waals surface area contributed by atoms with Gasteiger partial charge >= 0.3 is 0 Å². The third kappa shape index (κ3) is 3.59. The first-order valence-electron chi connectivity index (χ1n) is 9.45. The Labute approximate surface area is 168 Å². The van der Waals surface area contributed by atoms with Gasteiger partial charge in [0.05, 0.1) is 26.9 Å². The van der Waals surface area contributed by atoms with Gasteiger partial charge in [-0.2, -0.15) is 0 Å². The predicted molar refractivity (Wildman–Crippen MR) is 118 cm³/mol. The molecule has 4 rings (SSSR count). The maximum atomic E-state index is 6.21. The Kier molecular flexibility index (Phi) is 5.43. The highest BCUT2D eigenvalue weighted by atomic mass is 35.5. The lowest BCUT2D eigenvalue weighted by Gasteiger charge is -2.19. The zero-order valence-electron chi connectivity index (χ0n) is 15.6. The number of thiazole rings is 1. The summed E-state index contributed by atoms with van der Waals surface area (Å²) in [5.41, 5.74) is 4.06. The quantitative estimate of drug-likeness (QED) is 0.315. The predicted octanol–water partition coefficient (Wildman–Crippen LogP) is 5.79. The molecule has 2 aromatic carbocycles. The van der Waals surface area contributed by atoms with Gasteiger partial charge in [0.2, 0.25) is 0 Å². The summed E-state index contributed by atoms with van der Waals surface area (Å²) in [4.78, 5) is 11.8. The molecular formula is C21H23ClN4S. The zero-order chi connectivity index (χ0) is 18.8. The van der Waals surface area contributed by atoms with Gasteiger partial charge in [0.15, 0.2) is 4.47 Å². The molecule has 0 atom stereocenters. The fourth-order valence-electron chi connectivity index (χ4n) is 3.58. The molecule has 0 aliphatic heterocycles. The molecule has 0 saturated carbocycles. The highest BCUT2D eigenvalue weighted by Gasteiger charge is 2.14. The van der Waals surface area contributed by atoms with Crippen LogP contribution in [0, 0.1) is 0 Å². The molecule has 2 aromatic heterocycles. The van der Waals surface area contributed by atoms with E-state index in [0.29, 0.717) is 4.47 Å². The Bertz CT molecular complexity index is 1090. The standard InChI is InChI=1S/C21H23ClN4S/c1-3-26(4-2)13-7-12-23-19-14-8-5-6-9-15(14)24-16-10-11-17-20(18(16)19)27-21(22)25-17/h5-6,8-11H,3-4,7,12-13H2,1-2H3,(H,23,24). The molecule has 0 saturated heterocycles. The van der Waals surface area contributed by atoms with Crippen molar-refractivity contribution in [3.8, 4) is 0 Å². The fourth-order valence-corrected chi connectivity index (χ4v) is 4.74. The summed E-state index contributed by atoms with van der Waals surface area (Å²) in [6.45, 7) is 8.64. The second-order valence-electron chi connectivity index (χ2n) is 6.59. The topological polar surface area (TPSA) is 41.0 Å². The Balaban J connectivity index is 1.78. The van der Waals surface area contributed by atoms with Crippen LogP contribution in [0.3, 0.4) is 0 Å². The van der Waals surface area contributed by atoms with Crippen molar-refractivity contribution in [2.24, 2.45) is 0 Å². The van der Waals surface area contributed by atoms with Crippen molar-refractivity contribution >= 4 is 60.6 Å². The molecule has 0 aliphatic rings. The van der Waals surface area contributed by atoms with Gasteiger partial charge in [0, 0.05) is 17.3 Å². The van der Waals surface area contributed by atoms with E-state index in [0.717, 1.165) is 70.3 Å². The Hall–Kier alpha value is -1.95. The number of rotatable bonds is 7. The molecule has 0 radical (unpaired) electrons. The SMILES string of the molecule is CCN(CC)CCCNc1c2ccccc2nc2ccc3nc(Cl)sc3c12. The molecule has 0 unspecified atom stereocenters. The molecule has 4 nitrogen and oxygen atoms in total. The normalized spacial score (nSPS) is 11.9. The third-order valence-corrected chi connectivity index (χ3v) is 6.21. The van der Waals surface area contributed by atoms with Crippen LogP contribution in [0.15, 0.2) is 36.4 Å². The van der Waals surface area contributed by atoms with Crippen molar-refractivity contribution in [1.82, 2.24) is 14.9 Å². The number of pyridine rings is 1. The average Bonchev–Trinajstić information content (AvgIpc) is 3.07. The van der Waals surface area contributed by atoms with Crippen molar-refractivity contribution in [2.45, 2.75) is 20.3 Å². The first-order chi connectivity index (χ1) is 13.2. The average molecular weight is 399 g/mol. The van der Waals surface area contributed by atoms with Crippen molar-refractivity contribution in [1.29, 1.82) is 0 Å². The van der Waals surface area contributed by atoms with E-state index in [1.165, 1.54) is 11.3 Å². The summed E-state index contributed by atoms with van der Waals surface area (Å²) in [7, 11) is 0. The van der Waals surface area contributed by atoms with Crippen LogP contribution in [0.25, 0.3) is 32.0 Å². The van der Waals surface area contributed by atoms with Gasteiger partial charge in [0.25, 0.3) is 0 Å². The van der Waals surface area contributed by atoms with Crippen LogP contribution in [0.2, 0.25) is 4.47 Å². The number of aromatic nitrogens is 2. The van der Waals surface area contributed by atoms with Crippen LogP contribution in [-0.4, -0.2) is 41.0 Å². The largest absolute Gasteiger partial charge is 0.384 e. The molecule has 4 aromatic rings. The molecule has 2 heterocycles. The first kappa shape index (κ1) is 18.4. The van der Waals surface area contributed by atoms with Crippen molar-refractivity contribution in [2.75, 3.05) is 31.5 Å². The summed E-state index contributed by atoms with van der Waals surface area (Å²) in [5, 5.41) is 5.97. The molecule has 0 amide bonds. The minimum atomic E-state index is 0.568. The summed E-state index contributed by atoms with van der Waals surface area (Å²) < 4.78 is 1.67. The molecular weight excluding hydrogens is 376 g/mol. The van der Waals surface area contributed by atoms with Crippen LogP contribution in [0.1, 0.15) is 20.3 Å². The number of para-hydroxylation sites is 1. The van der Waals surface area contributed by atoms with Crippen molar-refractivity contribution < 1.29 is 0 Å².